The lowest BCUT2D eigenvalue weighted by Gasteiger charge is -2.08. The first-order valence-electron chi connectivity index (χ1n) is 6.53. The van der Waals surface area contributed by atoms with E-state index in [-0.39, 0.29) is 0 Å². The minimum atomic E-state index is -1.05. The summed E-state index contributed by atoms with van der Waals surface area (Å²) in [5.74, 6) is -0.320. The fourth-order valence-corrected chi connectivity index (χ4v) is 1.33. The molecule has 0 amide bonds. The third-order valence-electron chi connectivity index (χ3n) is 2.40. The van der Waals surface area contributed by atoms with Crippen LogP contribution in [0.1, 0.15) is 38.8 Å². The molecule has 5 heteroatoms. The van der Waals surface area contributed by atoms with E-state index in [9.17, 15) is 4.79 Å². The summed E-state index contributed by atoms with van der Waals surface area (Å²) in [6.07, 6.45) is -0.966. The quantitative estimate of drug-likeness (QED) is 0.664. The predicted molar refractivity (Wildman–Crippen MR) is 79.5 cm³/mol. The minimum absolute atomic E-state index is 0.602. The van der Waals surface area contributed by atoms with Crippen molar-refractivity contribution >= 4 is 11.7 Å². The summed E-state index contributed by atoms with van der Waals surface area (Å²) in [7, 11) is 1.59. The van der Waals surface area contributed by atoms with E-state index in [1.54, 1.807) is 14.0 Å². The SMILES string of the molecule is CC.COc1cc(C)cc(/C(C)=N/OC(C)C(=O)O)c1. The molecule has 1 rings (SSSR count). The lowest BCUT2D eigenvalue weighted by Crippen LogP contribution is -2.18. The van der Waals surface area contributed by atoms with E-state index in [0.29, 0.717) is 5.71 Å². The van der Waals surface area contributed by atoms with Crippen LogP contribution in [0.3, 0.4) is 0 Å². The molecular weight excluding hydrogens is 258 g/mol. The molecule has 0 heterocycles. The van der Waals surface area contributed by atoms with Gasteiger partial charge in [-0.3, -0.25) is 0 Å². The Labute approximate surface area is 120 Å². The van der Waals surface area contributed by atoms with Crippen LogP contribution in [0.25, 0.3) is 0 Å². The molecule has 1 atom stereocenters. The number of aliphatic carboxylic acids is 1. The fraction of sp³-hybridized carbons (Fsp3) is 0.467. The van der Waals surface area contributed by atoms with Gasteiger partial charge >= 0.3 is 5.97 Å². The molecule has 0 saturated heterocycles. The number of nitrogens with zero attached hydrogens (tertiary/aromatic N) is 1. The van der Waals surface area contributed by atoms with Crippen molar-refractivity contribution in [3.63, 3.8) is 0 Å². The molecule has 0 aliphatic rings. The van der Waals surface area contributed by atoms with Crippen LogP contribution in [0.4, 0.5) is 0 Å². The van der Waals surface area contributed by atoms with Crippen LogP contribution in [0.5, 0.6) is 5.75 Å². The van der Waals surface area contributed by atoms with Gasteiger partial charge < -0.3 is 14.7 Å². The zero-order valence-corrected chi connectivity index (χ0v) is 12.9. The number of carbonyl (C=O) groups is 1. The van der Waals surface area contributed by atoms with Crippen LogP contribution in [0.2, 0.25) is 0 Å². The van der Waals surface area contributed by atoms with E-state index in [1.165, 1.54) is 6.92 Å². The Balaban J connectivity index is 0.00000172. The Morgan fingerprint density at radius 3 is 2.40 bits per heavy atom. The highest BCUT2D eigenvalue weighted by molar-refractivity contribution is 5.98. The smallest absolute Gasteiger partial charge is 0.347 e. The Hall–Kier alpha value is -2.04. The van der Waals surface area contributed by atoms with E-state index in [0.717, 1.165) is 16.9 Å². The summed E-state index contributed by atoms with van der Waals surface area (Å²) in [6.45, 7) is 9.12. The molecule has 20 heavy (non-hydrogen) atoms. The van der Waals surface area contributed by atoms with Gasteiger partial charge in [-0.2, -0.15) is 0 Å². The lowest BCUT2D eigenvalue weighted by molar-refractivity contribution is -0.149. The molecule has 0 bridgehead atoms. The van der Waals surface area contributed by atoms with Gasteiger partial charge in [-0.15, -0.1) is 0 Å². The summed E-state index contributed by atoms with van der Waals surface area (Å²) in [4.78, 5) is 15.5. The Morgan fingerprint density at radius 1 is 1.30 bits per heavy atom. The second kappa shape index (κ2) is 8.96. The summed E-state index contributed by atoms with van der Waals surface area (Å²) in [5, 5.41) is 12.5. The summed E-state index contributed by atoms with van der Waals surface area (Å²) in [5.41, 5.74) is 2.47. The topological polar surface area (TPSA) is 68.1 Å². The van der Waals surface area contributed by atoms with Crippen LogP contribution in [-0.4, -0.2) is 30.0 Å². The number of hydrogen-bond acceptors (Lipinski definition) is 4. The standard InChI is InChI=1S/C13H17NO4.C2H6/c1-8-5-11(7-12(6-8)17-4)9(2)14-18-10(3)13(15)16;1-2/h5-7,10H,1-4H3,(H,15,16);1-2H3/b14-9+;. The monoisotopic (exact) mass is 281 g/mol. The van der Waals surface area contributed by atoms with Gasteiger partial charge in [0, 0.05) is 5.56 Å². The molecule has 0 aliphatic carbocycles. The van der Waals surface area contributed by atoms with Crippen molar-refractivity contribution in [2.24, 2.45) is 5.16 Å². The first-order chi connectivity index (χ1) is 9.43. The van der Waals surface area contributed by atoms with E-state index in [1.807, 2.05) is 39.0 Å². The number of aryl methyl sites for hydroxylation is 1. The van der Waals surface area contributed by atoms with Gasteiger partial charge in [-0.1, -0.05) is 19.0 Å². The maximum absolute atomic E-state index is 10.6. The van der Waals surface area contributed by atoms with Gasteiger partial charge in [0.15, 0.2) is 0 Å². The Morgan fingerprint density at radius 2 is 1.90 bits per heavy atom. The second-order valence-electron chi connectivity index (χ2n) is 4.00. The average molecular weight is 281 g/mol. The van der Waals surface area contributed by atoms with Crippen molar-refractivity contribution in [1.82, 2.24) is 0 Å². The van der Waals surface area contributed by atoms with Crippen molar-refractivity contribution in [1.29, 1.82) is 0 Å². The van der Waals surface area contributed by atoms with Crippen LogP contribution >= 0.6 is 0 Å². The average Bonchev–Trinajstić information content (AvgIpc) is 2.45. The maximum Gasteiger partial charge on any atom is 0.347 e. The normalized spacial score (nSPS) is 12.0. The number of ether oxygens (including phenoxy) is 1. The molecule has 1 aromatic carbocycles. The number of benzene rings is 1. The summed E-state index contributed by atoms with van der Waals surface area (Å²) < 4.78 is 5.16. The zero-order valence-electron chi connectivity index (χ0n) is 12.9. The largest absolute Gasteiger partial charge is 0.497 e. The first-order valence-corrected chi connectivity index (χ1v) is 6.53. The number of methoxy groups -OCH3 is 1. The molecule has 112 valence electrons. The van der Waals surface area contributed by atoms with Crippen molar-refractivity contribution in [3.05, 3.63) is 29.3 Å². The molecule has 0 saturated carbocycles. The van der Waals surface area contributed by atoms with Crippen LogP contribution in [0, 0.1) is 6.92 Å². The highest BCUT2D eigenvalue weighted by atomic mass is 16.6. The highest BCUT2D eigenvalue weighted by Gasteiger charge is 2.11. The van der Waals surface area contributed by atoms with Crippen molar-refractivity contribution in [2.75, 3.05) is 7.11 Å². The third-order valence-corrected chi connectivity index (χ3v) is 2.40. The molecular formula is C15H23NO4. The molecule has 5 nitrogen and oxygen atoms in total. The number of carboxylic acid groups (broad SMARTS) is 1. The van der Waals surface area contributed by atoms with Gasteiger partial charge in [0.05, 0.1) is 12.8 Å². The van der Waals surface area contributed by atoms with Crippen molar-refractivity contribution in [2.45, 2.75) is 40.7 Å². The molecule has 0 spiro atoms. The van der Waals surface area contributed by atoms with Crippen LogP contribution < -0.4 is 4.74 Å². The Bertz CT molecular complexity index is 469. The molecule has 1 N–H and O–H groups in total. The van der Waals surface area contributed by atoms with Crippen molar-refractivity contribution < 1.29 is 19.5 Å². The van der Waals surface area contributed by atoms with E-state index >= 15 is 0 Å². The van der Waals surface area contributed by atoms with E-state index in [4.69, 9.17) is 14.7 Å². The molecule has 0 aliphatic heterocycles. The molecule has 1 unspecified atom stereocenters. The number of hydrogen-bond donors (Lipinski definition) is 1. The molecule has 0 aromatic heterocycles. The van der Waals surface area contributed by atoms with Crippen LogP contribution in [-0.2, 0) is 9.63 Å². The third kappa shape index (κ3) is 5.73. The first kappa shape index (κ1) is 18.0. The molecule has 0 radical (unpaired) electrons. The van der Waals surface area contributed by atoms with Crippen molar-refractivity contribution in [3.8, 4) is 5.75 Å². The van der Waals surface area contributed by atoms with Crippen LogP contribution in [0.15, 0.2) is 23.4 Å². The maximum atomic E-state index is 10.6. The Kier molecular flexibility index (Phi) is 8.04. The predicted octanol–water partition coefficient (Wildman–Crippen LogP) is 3.24. The fourth-order valence-electron chi connectivity index (χ4n) is 1.33. The van der Waals surface area contributed by atoms with Gasteiger partial charge in [-0.05, 0) is 44.5 Å². The summed E-state index contributed by atoms with van der Waals surface area (Å²) in [6, 6.07) is 5.65. The molecule has 0 fully saturated rings. The second-order valence-corrected chi connectivity index (χ2v) is 4.00. The number of rotatable bonds is 5. The van der Waals surface area contributed by atoms with Gasteiger partial charge in [0.25, 0.3) is 0 Å². The van der Waals surface area contributed by atoms with E-state index in [2.05, 4.69) is 5.16 Å². The number of carboxylic acids is 1. The van der Waals surface area contributed by atoms with Gasteiger partial charge in [0.2, 0.25) is 6.10 Å². The lowest BCUT2D eigenvalue weighted by atomic mass is 10.1. The molecule has 1 aromatic rings. The zero-order chi connectivity index (χ0) is 15.7. The minimum Gasteiger partial charge on any atom is -0.497 e. The highest BCUT2D eigenvalue weighted by Crippen LogP contribution is 2.17. The van der Waals surface area contributed by atoms with Gasteiger partial charge in [-0.25, -0.2) is 4.79 Å². The van der Waals surface area contributed by atoms with E-state index < -0.39 is 12.1 Å². The summed E-state index contributed by atoms with van der Waals surface area (Å²) >= 11 is 0. The number of oxime groups is 1. The van der Waals surface area contributed by atoms with Gasteiger partial charge in [0.1, 0.15) is 5.75 Å².